The van der Waals surface area contributed by atoms with Crippen molar-refractivity contribution in [3.63, 3.8) is 0 Å². The van der Waals surface area contributed by atoms with Gasteiger partial charge in [0.2, 0.25) is 5.91 Å². The number of hydrogen-bond donors (Lipinski definition) is 2. The van der Waals surface area contributed by atoms with E-state index in [1.165, 1.54) is 13.0 Å². The zero-order valence-electron chi connectivity index (χ0n) is 9.91. The first-order valence-electron chi connectivity index (χ1n) is 5.35. The number of halogens is 3. The molecule has 102 valence electrons. The maximum Gasteiger partial charge on any atom is 0.229 e. The van der Waals surface area contributed by atoms with Crippen molar-refractivity contribution in [1.82, 2.24) is 0 Å². The molecule has 2 rings (SSSR count). The smallest absolute Gasteiger partial charge is 0.229 e. The number of primary amides is 1. The van der Waals surface area contributed by atoms with Crippen molar-refractivity contribution in [2.45, 2.75) is 12.3 Å². The van der Waals surface area contributed by atoms with Crippen LogP contribution in [0.3, 0.4) is 0 Å². The molecule has 2 unspecified atom stereocenters. The minimum atomic E-state index is -1.20. The third-order valence-electron chi connectivity index (χ3n) is 3.06. The molecule has 1 heterocycles. The van der Waals surface area contributed by atoms with Gasteiger partial charge in [0.1, 0.15) is 17.5 Å². The topological polar surface area (TPSA) is 69.1 Å². The maximum atomic E-state index is 13.7. The molecular formula is C12H11F3N2OS. The highest BCUT2D eigenvalue weighted by Gasteiger charge is 2.43. The molecule has 1 aliphatic heterocycles. The Morgan fingerprint density at radius 2 is 1.84 bits per heavy atom. The fourth-order valence-electron chi connectivity index (χ4n) is 1.77. The summed E-state index contributed by atoms with van der Waals surface area (Å²) in [5.74, 6) is -3.79. The summed E-state index contributed by atoms with van der Waals surface area (Å²) in [5.41, 5.74) is 9.40. The molecule has 0 aromatic heterocycles. The quantitative estimate of drug-likeness (QED) is 0.874. The third kappa shape index (κ3) is 2.23. The van der Waals surface area contributed by atoms with Crippen LogP contribution in [0.25, 0.3) is 4.91 Å². The van der Waals surface area contributed by atoms with Gasteiger partial charge in [-0.25, -0.2) is 13.2 Å². The van der Waals surface area contributed by atoms with Crippen molar-refractivity contribution < 1.29 is 18.0 Å². The van der Waals surface area contributed by atoms with E-state index in [0.29, 0.717) is 12.1 Å². The zero-order valence-corrected chi connectivity index (χ0v) is 10.7. The summed E-state index contributed by atoms with van der Waals surface area (Å²) in [6.45, 7) is 1.49. The molecule has 0 fully saturated rings. The molecule has 0 saturated carbocycles. The van der Waals surface area contributed by atoms with Crippen molar-refractivity contribution in [2.75, 3.05) is 0 Å². The monoisotopic (exact) mass is 288 g/mol. The van der Waals surface area contributed by atoms with Gasteiger partial charge in [-0.3, -0.25) is 4.79 Å². The van der Waals surface area contributed by atoms with Gasteiger partial charge in [-0.15, -0.1) is 11.8 Å². The van der Waals surface area contributed by atoms with Gasteiger partial charge in [0, 0.05) is 17.0 Å². The molecule has 7 heteroatoms. The fourth-order valence-corrected chi connectivity index (χ4v) is 3.10. The minimum Gasteiger partial charge on any atom is -0.369 e. The molecule has 0 spiro atoms. The lowest BCUT2D eigenvalue weighted by molar-refractivity contribution is -0.124. The molecule has 3 nitrogen and oxygen atoms in total. The zero-order chi connectivity index (χ0) is 14.4. The van der Waals surface area contributed by atoms with E-state index >= 15 is 0 Å². The van der Waals surface area contributed by atoms with Crippen LogP contribution in [0, 0.1) is 22.9 Å². The number of rotatable bonds is 2. The number of carbonyl (C=O) groups excluding carboxylic acids is 1. The van der Waals surface area contributed by atoms with Gasteiger partial charge in [-0.05, 0) is 6.92 Å². The van der Waals surface area contributed by atoms with E-state index in [9.17, 15) is 18.0 Å². The summed E-state index contributed by atoms with van der Waals surface area (Å²) in [7, 11) is 0. The lowest BCUT2D eigenvalue weighted by Crippen LogP contribution is -2.43. The number of thioether (sulfide) groups is 1. The molecule has 0 radical (unpaired) electrons. The number of hydrogen-bond acceptors (Lipinski definition) is 3. The van der Waals surface area contributed by atoms with E-state index in [-0.39, 0.29) is 4.91 Å². The van der Waals surface area contributed by atoms with Crippen LogP contribution in [0.15, 0.2) is 18.2 Å². The molecule has 0 aliphatic carbocycles. The highest BCUT2D eigenvalue weighted by atomic mass is 32.2. The van der Waals surface area contributed by atoms with Crippen molar-refractivity contribution in [3.8, 4) is 0 Å². The van der Waals surface area contributed by atoms with E-state index < -0.39 is 39.7 Å². The fraction of sp³-hybridized carbons (Fsp3) is 0.250. The number of amides is 1. The number of benzene rings is 1. The Morgan fingerprint density at radius 3 is 2.26 bits per heavy atom. The van der Waals surface area contributed by atoms with E-state index in [0.717, 1.165) is 11.8 Å². The molecule has 0 saturated heterocycles. The van der Waals surface area contributed by atoms with Crippen LogP contribution in [0.4, 0.5) is 13.2 Å². The second-order valence-corrected chi connectivity index (χ2v) is 5.62. The Balaban J connectivity index is 2.54. The number of nitrogens with two attached hydrogens (primary N) is 2. The van der Waals surface area contributed by atoms with Gasteiger partial charge in [0.15, 0.2) is 0 Å². The second kappa shape index (κ2) is 4.57. The van der Waals surface area contributed by atoms with Gasteiger partial charge in [-0.2, -0.15) is 0 Å². The van der Waals surface area contributed by atoms with Crippen molar-refractivity contribution in [2.24, 2.45) is 16.9 Å². The highest BCUT2D eigenvalue weighted by Crippen LogP contribution is 2.47. The van der Waals surface area contributed by atoms with Crippen LogP contribution < -0.4 is 11.5 Å². The van der Waals surface area contributed by atoms with E-state index in [2.05, 4.69) is 0 Å². The molecule has 1 aromatic carbocycles. The van der Waals surface area contributed by atoms with Gasteiger partial charge in [0.05, 0.1) is 16.4 Å². The van der Waals surface area contributed by atoms with Gasteiger partial charge in [0.25, 0.3) is 0 Å². The summed E-state index contributed by atoms with van der Waals surface area (Å²) in [5, 5.41) is -0.746. The summed E-state index contributed by atoms with van der Waals surface area (Å²) in [6, 6.07) is 1.15. The van der Waals surface area contributed by atoms with Gasteiger partial charge >= 0.3 is 0 Å². The Kier molecular flexibility index (Phi) is 3.36. The first kappa shape index (κ1) is 14.0. The standard InChI is InChI=1S/C12H11F3N2OS/c1-12(10(16)18)4-8(19-11(12)17)9-6(14)2-5(13)3-7(9)15/h2-4,11H,17H2,1H3,(H2,16,18). The van der Waals surface area contributed by atoms with Crippen LogP contribution >= 0.6 is 11.8 Å². The van der Waals surface area contributed by atoms with Crippen molar-refractivity contribution in [3.05, 3.63) is 41.2 Å². The van der Waals surface area contributed by atoms with E-state index in [1.807, 2.05) is 0 Å². The minimum absolute atomic E-state index is 0.142. The summed E-state index contributed by atoms with van der Waals surface area (Å²) in [6.07, 6.45) is 1.32. The third-order valence-corrected chi connectivity index (χ3v) is 4.38. The van der Waals surface area contributed by atoms with Crippen LogP contribution in [0.5, 0.6) is 0 Å². The molecule has 19 heavy (non-hydrogen) atoms. The Morgan fingerprint density at radius 1 is 1.32 bits per heavy atom. The SMILES string of the molecule is CC1(C(N)=O)C=C(c2c(F)cc(F)cc2F)SC1N. The van der Waals surface area contributed by atoms with E-state index in [1.54, 1.807) is 0 Å². The van der Waals surface area contributed by atoms with Gasteiger partial charge < -0.3 is 11.5 Å². The van der Waals surface area contributed by atoms with Crippen LogP contribution in [0.2, 0.25) is 0 Å². The second-order valence-electron chi connectivity index (χ2n) is 4.44. The molecule has 1 amide bonds. The largest absolute Gasteiger partial charge is 0.369 e. The Hall–Kier alpha value is -1.47. The summed E-state index contributed by atoms with van der Waals surface area (Å²) in [4.78, 5) is 11.5. The van der Waals surface area contributed by atoms with Crippen LogP contribution in [-0.2, 0) is 4.79 Å². The maximum absolute atomic E-state index is 13.7. The average Bonchev–Trinajstić information content (AvgIpc) is 2.54. The molecule has 1 aliphatic rings. The molecule has 2 atom stereocenters. The first-order valence-corrected chi connectivity index (χ1v) is 6.23. The van der Waals surface area contributed by atoms with E-state index in [4.69, 9.17) is 11.5 Å². The first-order chi connectivity index (χ1) is 8.75. The molecule has 4 N–H and O–H groups in total. The van der Waals surface area contributed by atoms with Crippen molar-refractivity contribution in [1.29, 1.82) is 0 Å². The lowest BCUT2D eigenvalue weighted by atomic mass is 9.88. The Bertz CT molecular complexity index is 567. The van der Waals surface area contributed by atoms with Crippen molar-refractivity contribution >= 4 is 22.6 Å². The van der Waals surface area contributed by atoms with Crippen LogP contribution in [0.1, 0.15) is 12.5 Å². The number of carbonyl (C=O) groups is 1. The predicted molar refractivity (Wildman–Crippen MR) is 67.2 cm³/mol. The average molecular weight is 288 g/mol. The molecule has 1 aromatic rings. The van der Waals surface area contributed by atoms with Gasteiger partial charge in [-0.1, -0.05) is 6.08 Å². The highest BCUT2D eigenvalue weighted by molar-refractivity contribution is 8.09. The lowest BCUT2D eigenvalue weighted by Gasteiger charge is -2.22. The molecule has 0 bridgehead atoms. The summed E-state index contributed by atoms with van der Waals surface area (Å²) >= 11 is 0.924. The molecular weight excluding hydrogens is 277 g/mol. The Labute approximate surface area is 111 Å². The van der Waals surface area contributed by atoms with Crippen LogP contribution in [-0.4, -0.2) is 11.3 Å². The normalized spacial score (nSPS) is 26.4. The predicted octanol–water partition coefficient (Wildman–Crippen LogP) is 1.97. The summed E-state index contributed by atoms with van der Waals surface area (Å²) < 4.78 is 40.2.